The first-order chi connectivity index (χ1) is 14.0. The van der Waals surface area contributed by atoms with Crippen LogP contribution in [-0.2, 0) is 38.0 Å². The molecule has 0 aliphatic carbocycles. The Morgan fingerprint density at radius 1 is 0.567 bits per heavy atom. The number of hydrogen-bond donors (Lipinski definition) is 0. The van der Waals surface area contributed by atoms with Crippen molar-refractivity contribution < 1.29 is 38.0 Å². The van der Waals surface area contributed by atoms with Crippen LogP contribution in [0.5, 0.6) is 0 Å². The molecule has 0 amide bonds. The normalized spacial score (nSPS) is 10.8. The van der Waals surface area contributed by atoms with Crippen LogP contribution in [0.3, 0.4) is 0 Å². The van der Waals surface area contributed by atoms with Crippen LogP contribution in [0.1, 0.15) is 85.5 Å². The maximum absolute atomic E-state index is 12.1. The fraction of sp³-hybridized carbons (Fsp3) is 0.700. The van der Waals surface area contributed by atoms with Gasteiger partial charge in [0.25, 0.3) is 0 Å². The van der Waals surface area contributed by atoms with Gasteiger partial charge >= 0.3 is 183 Å². The van der Waals surface area contributed by atoms with Crippen molar-refractivity contribution in [3.63, 3.8) is 0 Å². The van der Waals surface area contributed by atoms with Gasteiger partial charge < -0.3 is 0 Å². The molecule has 0 radical (unpaired) electrons. The van der Waals surface area contributed by atoms with Crippen LogP contribution in [-0.4, -0.2) is 54.9 Å². The fourth-order valence-corrected chi connectivity index (χ4v) is 9.34. The summed E-state index contributed by atoms with van der Waals surface area (Å²) in [5, 5.41) is 0. The molecule has 10 heteroatoms. The van der Waals surface area contributed by atoms with E-state index in [0.717, 1.165) is 32.1 Å². The van der Waals surface area contributed by atoms with Crippen LogP contribution in [0.4, 0.5) is 0 Å². The van der Waals surface area contributed by atoms with E-state index in [1.807, 2.05) is 0 Å². The number of Topliss-reactive ketones (excluding diaryl/α,β-unsaturated/α-hetero) is 3. The number of carbonyl (C=O) groups is 6. The maximum atomic E-state index is 12.1. The van der Waals surface area contributed by atoms with E-state index < -0.39 is 74.1 Å². The van der Waals surface area contributed by atoms with Crippen LogP contribution in [0.25, 0.3) is 0 Å². The molecule has 0 bridgehead atoms. The Balaban J connectivity index is 5.53. The van der Waals surface area contributed by atoms with Crippen molar-refractivity contribution in [1.82, 2.24) is 0 Å². The summed E-state index contributed by atoms with van der Waals surface area (Å²) < 4.78 is 16.0. The van der Waals surface area contributed by atoms with E-state index in [9.17, 15) is 28.8 Å². The van der Waals surface area contributed by atoms with Gasteiger partial charge in [-0.05, 0) is 0 Å². The van der Waals surface area contributed by atoms with Gasteiger partial charge in [-0.1, -0.05) is 0 Å². The first kappa shape index (κ1) is 28.2. The number of ketones is 3. The van der Waals surface area contributed by atoms with E-state index >= 15 is 0 Å². The second-order valence-corrected chi connectivity index (χ2v) is 14.3. The molecule has 0 aromatic carbocycles. The predicted molar refractivity (Wildman–Crippen MR) is 108 cm³/mol. The molecule has 0 fully saturated rings. The zero-order chi connectivity index (χ0) is 23.2. The Labute approximate surface area is 182 Å². The quantitative estimate of drug-likeness (QED) is 0.166. The van der Waals surface area contributed by atoms with E-state index in [4.69, 9.17) is 9.22 Å². The molecule has 0 unspecified atom stereocenters. The minimum atomic E-state index is -5.19. The van der Waals surface area contributed by atoms with E-state index in [1.165, 1.54) is 20.8 Å². The zero-order valence-electron chi connectivity index (χ0n) is 18.2. The van der Waals surface area contributed by atoms with E-state index in [1.54, 1.807) is 0 Å². The summed E-state index contributed by atoms with van der Waals surface area (Å²) in [6.45, 7) is 5.65. The van der Waals surface area contributed by atoms with Crippen molar-refractivity contribution in [3.05, 3.63) is 0 Å². The Morgan fingerprint density at radius 2 is 0.900 bits per heavy atom. The fourth-order valence-electron chi connectivity index (χ4n) is 2.58. The SMILES string of the molecule is CCCCCCC[CH2][Sn]([O]C(=O)CC(C)=O)([O]C(=O)CC(C)=O)[O]C(=O)CC(C)=O. The molecule has 0 aromatic heterocycles. The molecule has 0 spiro atoms. The number of rotatable bonds is 16. The average molecular weight is 535 g/mol. The van der Waals surface area contributed by atoms with Gasteiger partial charge in [-0.2, -0.15) is 0 Å². The Kier molecular flexibility index (Phi) is 14.2. The monoisotopic (exact) mass is 536 g/mol. The van der Waals surface area contributed by atoms with E-state index in [2.05, 4.69) is 6.92 Å². The van der Waals surface area contributed by atoms with Crippen LogP contribution in [0.2, 0.25) is 4.44 Å². The van der Waals surface area contributed by atoms with Gasteiger partial charge in [0, 0.05) is 0 Å². The van der Waals surface area contributed by atoms with Crippen molar-refractivity contribution in [1.29, 1.82) is 0 Å². The zero-order valence-corrected chi connectivity index (χ0v) is 21.1. The second-order valence-electron chi connectivity index (χ2n) is 7.26. The summed E-state index contributed by atoms with van der Waals surface area (Å²) in [7, 11) is 0. The van der Waals surface area contributed by atoms with E-state index in [-0.39, 0.29) is 4.44 Å². The molecule has 0 saturated carbocycles. The molecule has 0 atom stereocenters. The summed E-state index contributed by atoms with van der Waals surface area (Å²) in [4.78, 5) is 70.2. The molecule has 0 N–H and O–H groups in total. The van der Waals surface area contributed by atoms with Gasteiger partial charge in [0.2, 0.25) is 0 Å². The predicted octanol–water partition coefficient (Wildman–Crippen LogP) is 2.85. The average Bonchev–Trinajstić information content (AvgIpc) is 2.55. The van der Waals surface area contributed by atoms with Crippen LogP contribution in [0.15, 0.2) is 0 Å². The van der Waals surface area contributed by atoms with Crippen molar-refractivity contribution in [3.8, 4) is 0 Å². The first-order valence-corrected chi connectivity index (χ1v) is 15.6. The molecule has 0 aliphatic heterocycles. The van der Waals surface area contributed by atoms with Gasteiger partial charge in [0.05, 0.1) is 0 Å². The third-order valence-electron chi connectivity index (χ3n) is 3.82. The summed E-state index contributed by atoms with van der Waals surface area (Å²) in [5.41, 5.74) is 0. The molecule has 0 aliphatic rings. The molecule has 0 aromatic rings. The van der Waals surface area contributed by atoms with Crippen LogP contribution >= 0.6 is 0 Å². The van der Waals surface area contributed by atoms with Crippen molar-refractivity contribution in [2.24, 2.45) is 0 Å². The minimum absolute atomic E-state index is 0.0255. The van der Waals surface area contributed by atoms with Crippen molar-refractivity contribution >= 4 is 54.9 Å². The van der Waals surface area contributed by atoms with E-state index in [0.29, 0.717) is 6.42 Å². The van der Waals surface area contributed by atoms with Crippen LogP contribution < -0.4 is 0 Å². The summed E-state index contributed by atoms with van der Waals surface area (Å²) >= 11 is -5.19. The van der Waals surface area contributed by atoms with Crippen molar-refractivity contribution in [2.75, 3.05) is 0 Å². The van der Waals surface area contributed by atoms with Gasteiger partial charge in [0.1, 0.15) is 0 Å². The summed E-state index contributed by atoms with van der Waals surface area (Å²) in [6.07, 6.45) is 3.56. The molecule has 30 heavy (non-hydrogen) atoms. The van der Waals surface area contributed by atoms with Gasteiger partial charge in [-0.15, -0.1) is 0 Å². The number of unbranched alkanes of at least 4 members (excludes halogenated alkanes) is 5. The number of hydrogen-bond acceptors (Lipinski definition) is 9. The van der Waals surface area contributed by atoms with Gasteiger partial charge in [-0.25, -0.2) is 0 Å². The Hall–Kier alpha value is -1.78. The molecule has 170 valence electrons. The standard InChI is InChI=1S/C8H17.3C4H6O3.Sn/c1-3-5-7-8-6-4-2;3*1-3(5)2-4(6)7;/h1,3-8H2,2H3;3*2H2,1H3,(H,6,7);/q;;;;+3/p-3. The third-order valence-corrected chi connectivity index (χ3v) is 11.2. The summed E-state index contributed by atoms with van der Waals surface area (Å²) in [5.74, 6) is -4.29. The molecular formula is C20H32O9Sn. The van der Waals surface area contributed by atoms with Crippen molar-refractivity contribution in [2.45, 2.75) is 89.9 Å². The van der Waals surface area contributed by atoms with Gasteiger partial charge in [0.15, 0.2) is 0 Å². The molecule has 9 nitrogen and oxygen atoms in total. The number of carbonyl (C=O) groups excluding carboxylic acids is 6. The molecule has 0 rings (SSSR count). The third kappa shape index (κ3) is 14.2. The first-order valence-electron chi connectivity index (χ1n) is 10.1. The topological polar surface area (TPSA) is 130 Å². The summed E-state index contributed by atoms with van der Waals surface area (Å²) in [6, 6.07) is 0. The second kappa shape index (κ2) is 15.1. The Bertz CT molecular complexity index is 568. The molecule has 0 heterocycles. The Morgan fingerprint density at radius 3 is 1.23 bits per heavy atom. The molecule has 0 saturated heterocycles. The van der Waals surface area contributed by atoms with Crippen LogP contribution in [0, 0.1) is 0 Å². The molecular weight excluding hydrogens is 503 g/mol. The van der Waals surface area contributed by atoms with Gasteiger partial charge in [-0.3, -0.25) is 0 Å².